The van der Waals surface area contributed by atoms with E-state index >= 15 is 0 Å². The standard InChI is InChI=1S/C32H46N8O10/c1-15(2)26(39-24(42)13-33)30(47)36-20(9-10-25(43)44)28(45)40-27(16(3)4)31(48)37-21(29(46)38-22(32(49)50)12-23(34)41)11-17-14-35-19-8-6-5-7-18(17)19/h5-8,14-16,20-22,26-27,35H,9-13,33H2,1-4H3,(H2,34,41)(H,36,47)(H,37,48)(H,38,46)(H,39,42)(H,40,45)(H,43,44)(H,49,50)/t20-,21-,22-,26-,27-/m0/s1. The quantitative estimate of drug-likeness (QED) is 0.0736. The molecular formula is C32H46N8O10. The monoisotopic (exact) mass is 702 g/mol. The van der Waals surface area contributed by atoms with Gasteiger partial charge in [0.05, 0.1) is 13.0 Å². The Balaban J connectivity index is 2.38. The second kappa shape index (κ2) is 18.9. The van der Waals surface area contributed by atoms with Crippen LogP contribution in [-0.4, -0.2) is 99.3 Å². The molecule has 0 spiro atoms. The Kier molecular flexibility index (Phi) is 15.3. The molecule has 18 heteroatoms. The van der Waals surface area contributed by atoms with Crippen LogP contribution in [0.15, 0.2) is 30.5 Å². The Bertz CT molecular complexity index is 1570. The maximum absolute atomic E-state index is 13.7. The lowest BCUT2D eigenvalue weighted by molar-refractivity contribution is -0.144. The summed E-state index contributed by atoms with van der Waals surface area (Å²) in [6.07, 6.45) is -0.118. The summed E-state index contributed by atoms with van der Waals surface area (Å²) < 4.78 is 0. The average Bonchev–Trinajstić information content (AvgIpc) is 3.45. The number of H-pyrrole nitrogens is 1. The van der Waals surface area contributed by atoms with E-state index in [2.05, 4.69) is 31.6 Å². The summed E-state index contributed by atoms with van der Waals surface area (Å²) in [6.45, 7) is 6.07. The SMILES string of the molecule is CC(C)[C@H](NC(=O)CN)C(=O)N[C@@H](CCC(=O)O)C(=O)N[C@H](C(=O)N[C@@H](Cc1c[nH]c2ccccc12)C(=O)N[C@@H](CC(N)=O)C(=O)O)C(C)C. The number of carbonyl (C=O) groups is 8. The smallest absolute Gasteiger partial charge is 0.326 e. The molecule has 1 aromatic heterocycles. The number of nitrogens with one attached hydrogen (secondary N) is 6. The zero-order valence-corrected chi connectivity index (χ0v) is 28.3. The van der Waals surface area contributed by atoms with Gasteiger partial charge in [0.25, 0.3) is 0 Å². The van der Waals surface area contributed by atoms with Crippen molar-refractivity contribution in [3.05, 3.63) is 36.0 Å². The third-order valence-electron chi connectivity index (χ3n) is 7.73. The number of aromatic amines is 1. The van der Waals surface area contributed by atoms with E-state index in [0.717, 1.165) is 10.9 Å². The summed E-state index contributed by atoms with van der Waals surface area (Å²) in [7, 11) is 0. The van der Waals surface area contributed by atoms with E-state index in [1.807, 2.05) is 0 Å². The number of aliphatic carboxylic acids is 2. The van der Waals surface area contributed by atoms with Crippen molar-refractivity contribution in [2.75, 3.05) is 6.54 Å². The lowest BCUT2D eigenvalue weighted by Crippen LogP contribution is -2.60. The highest BCUT2D eigenvalue weighted by Crippen LogP contribution is 2.20. The van der Waals surface area contributed by atoms with Crippen molar-refractivity contribution in [1.82, 2.24) is 31.6 Å². The molecule has 0 aliphatic heterocycles. The van der Waals surface area contributed by atoms with Gasteiger partial charge in [-0.05, 0) is 29.9 Å². The summed E-state index contributed by atoms with van der Waals surface area (Å²) >= 11 is 0. The van der Waals surface area contributed by atoms with Crippen molar-refractivity contribution < 1.29 is 48.6 Å². The molecule has 5 atom stereocenters. The van der Waals surface area contributed by atoms with Gasteiger partial charge in [-0.25, -0.2) is 4.79 Å². The third-order valence-corrected chi connectivity index (χ3v) is 7.73. The predicted octanol–water partition coefficient (Wildman–Crippen LogP) is -1.77. The highest BCUT2D eigenvalue weighted by molar-refractivity contribution is 5.97. The molecule has 0 saturated carbocycles. The Labute approximate surface area is 287 Å². The normalized spacial score (nSPS) is 14.1. The van der Waals surface area contributed by atoms with Gasteiger partial charge in [-0.3, -0.25) is 33.6 Å². The Morgan fingerprint density at radius 3 is 1.82 bits per heavy atom. The zero-order chi connectivity index (χ0) is 37.7. The van der Waals surface area contributed by atoms with Gasteiger partial charge in [-0.1, -0.05) is 45.9 Å². The third kappa shape index (κ3) is 12.2. The van der Waals surface area contributed by atoms with Crippen LogP contribution in [0.1, 0.15) is 52.5 Å². The number of amides is 6. The van der Waals surface area contributed by atoms with Crippen molar-refractivity contribution in [1.29, 1.82) is 0 Å². The maximum atomic E-state index is 13.7. The van der Waals surface area contributed by atoms with E-state index in [1.165, 1.54) is 0 Å². The van der Waals surface area contributed by atoms with Crippen molar-refractivity contribution in [2.24, 2.45) is 23.3 Å². The largest absolute Gasteiger partial charge is 0.481 e. The van der Waals surface area contributed by atoms with Crippen molar-refractivity contribution in [3.63, 3.8) is 0 Å². The van der Waals surface area contributed by atoms with Gasteiger partial charge < -0.3 is 53.2 Å². The fourth-order valence-electron chi connectivity index (χ4n) is 5.02. The number of carboxylic acids is 2. The molecule has 0 saturated heterocycles. The number of carboxylic acid groups (broad SMARTS) is 2. The molecular weight excluding hydrogens is 656 g/mol. The molecule has 6 amide bonds. The molecule has 2 rings (SSSR count). The molecule has 0 aliphatic rings. The minimum Gasteiger partial charge on any atom is -0.481 e. The Morgan fingerprint density at radius 1 is 0.740 bits per heavy atom. The number of fused-ring (bicyclic) bond motifs is 1. The van der Waals surface area contributed by atoms with Crippen LogP contribution in [-0.2, 0) is 44.8 Å². The van der Waals surface area contributed by atoms with E-state index in [9.17, 15) is 48.6 Å². The number of para-hydroxylation sites is 1. The molecule has 1 aromatic carbocycles. The predicted molar refractivity (Wildman–Crippen MR) is 179 cm³/mol. The van der Waals surface area contributed by atoms with Crippen LogP contribution in [0, 0.1) is 11.8 Å². The van der Waals surface area contributed by atoms with Gasteiger partial charge in [-0.15, -0.1) is 0 Å². The number of hydrogen-bond acceptors (Lipinski definition) is 9. The number of hydrogen-bond donors (Lipinski definition) is 10. The van der Waals surface area contributed by atoms with E-state index in [-0.39, 0.29) is 12.8 Å². The van der Waals surface area contributed by atoms with Gasteiger partial charge in [0.2, 0.25) is 35.4 Å². The lowest BCUT2D eigenvalue weighted by atomic mass is 9.99. The van der Waals surface area contributed by atoms with Crippen molar-refractivity contribution in [2.45, 2.75) is 83.6 Å². The van der Waals surface area contributed by atoms with Crippen LogP contribution in [0.3, 0.4) is 0 Å². The zero-order valence-electron chi connectivity index (χ0n) is 28.3. The number of nitrogens with two attached hydrogens (primary N) is 2. The summed E-state index contributed by atoms with van der Waals surface area (Å²) in [5.74, 6) is -8.94. The number of carbonyl (C=O) groups excluding carboxylic acids is 6. The molecule has 0 unspecified atom stereocenters. The number of aromatic nitrogens is 1. The van der Waals surface area contributed by atoms with Crippen LogP contribution in [0.4, 0.5) is 0 Å². The van der Waals surface area contributed by atoms with Crippen LogP contribution in [0.25, 0.3) is 10.9 Å². The minimum absolute atomic E-state index is 0.133. The van der Waals surface area contributed by atoms with Gasteiger partial charge in [0, 0.05) is 29.9 Å². The fraction of sp³-hybridized carbons (Fsp3) is 0.500. The Hall–Kier alpha value is -5.52. The van der Waals surface area contributed by atoms with Crippen molar-refractivity contribution >= 4 is 58.3 Å². The number of rotatable bonds is 20. The first-order chi connectivity index (χ1) is 23.4. The number of benzene rings is 1. The summed E-state index contributed by atoms with van der Waals surface area (Å²) in [6, 6.07) is 0.141. The highest BCUT2D eigenvalue weighted by Gasteiger charge is 2.35. The van der Waals surface area contributed by atoms with Crippen molar-refractivity contribution in [3.8, 4) is 0 Å². The van der Waals surface area contributed by atoms with E-state index in [4.69, 9.17) is 11.5 Å². The molecule has 0 bridgehead atoms. The molecule has 0 aliphatic carbocycles. The molecule has 2 aromatic rings. The summed E-state index contributed by atoms with van der Waals surface area (Å²) in [5.41, 5.74) is 11.8. The minimum atomic E-state index is -1.69. The molecule has 0 fully saturated rings. The number of primary amides is 1. The van der Waals surface area contributed by atoms with E-state index in [0.29, 0.717) is 5.56 Å². The summed E-state index contributed by atoms with van der Waals surface area (Å²) in [5, 5.41) is 31.8. The van der Waals surface area contributed by atoms with E-state index < -0.39 is 109 Å². The second-order valence-corrected chi connectivity index (χ2v) is 12.4. The van der Waals surface area contributed by atoms with Gasteiger partial charge >= 0.3 is 11.9 Å². The lowest BCUT2D eigenvalue weighted by Gasteiger charge is -2.29. The molecule has 50 heavy (non-hydrogen) atoms. The molecule has 18 nitrogen and oxygen atoms in total. The van der Waals surface area contributed by atoms with Gasteiger partial charge in [0.15, 0.2) is 0 Å². The van der Waals surface area contributed by atoms with Crippen LogP contribution < -0.4 is 38.1 Å². The first kappa shape index (κ1) is 40.7. The van der Waals surface area contributed by atoms with Crippen LogP contribution in [0.2, 0.25) is 0 Å². The first-order valence-electron chi connectivity index (χ1n) is 15.9. The highest BCUT2D eigenvalue weighted by atomic mass is 16.4. The first-order valence-corrected chi connectivity index (χ1v) is 15.9. The Morgan fingerprint density at radius 2 is 1.28 bits per heavy atom. The van der Waals surface area contributed by atoms with Gasteiger partial charge in [0.1, 0.15) is 30.2 Å². The average molecular weight is 703 g/mol. The van der Waals surface area contributed by atoms with E-state index in [1.54, 1.807) is 58.2 Å². The van der Waals surface area contributed by atoms with Gasteiger partial charge in [-0.2, -0.15) is 0 Å². The fourth-order valence-corrected chi connectivity index (χ4v) is 5.02. The molecule has 1 heterocycles. The van der Waals surface area contributed by atoms with Crippen LogP contribution >= 0.6 is 0 Å². The summed E-state index contributed by atoms with van der Waals surface area (Å²) in [4.78, 5) is 103. The molecule has 12 N–H and O–H groups in total. The van der Waals surface area contributed by atoms with Crippen LogP contribution in [0.5, 0.6) is 0 Å². The molecule has 0 radical (unpaired) electrons. The topological polar surface area (TPSA) is 305 Å². The molecule has 274 valence electrons. The second-order valence-electron chi connectivity index (χ2n) is 12.4. The maximum Gasteiger partial charge on any atom is 0.326 e.